The van der Waals surface area contributed by atoms with Crippen LogP contribution in [0.1, 0.15) is 40.0 Å². The van der Waals surface area contributed by atoms with Crippen molar-refractivity contribution in [2.24, 2.45) is 5.73 Å². The molecule has 0 saturated carbocycles. The molecule has 16 heavy (non-hydrogen) atoms. The molecule has 1 aliphatic rings. The van der Waals surface area contributed by atoms with E-state index < -0.39 is 0 Å². The van der Waals surface area contributed by atoms with Crippen LogP contribution in [0.2, 0.25) is 0 Å². The summed E-state index contributed by atoms with van der Waals surface area (Å²) in [5.74, 6) is -0.200. The molecule has 0 spiro atoms. The van der Waals surface area contributed by atoms with Gasteiger partial charge in [-0.3, -0.25) is 9.69 Å². The van der Waals surface area contributed by atoms with Crippen molar-refractivity contribution in [1.29, 1.82) is 0 Å². The minimum Gasteiger partial charge on any atom is -0.368 e. The fraction of sp³-hybridized carbons (Fsp3) is 0.917. The fourth-order valence-corrected chi connectivity index (χ4v) is 2.46. The van der Waals surface area contributed by atoms with E-state index in [2.05, 4.69) is 24.1 Å². The molecule has 94 valence electrons. The van der Waals surface area contributed by atoms with E-state index in [4.69, 9.17) is 5.73 Å². The number of rotatable bonds is 6. The summed E-state index contributed by atoms with van der Waals surface area (Å²) in [4.78, 5) is 13.6. The Hall–Kier alpha value is -0.610. The average molecular weight is 227 g/mol. The third kappa shape index (κ3) is 3.46. The minimum absolute atomic E-state index is 0.123. The molecule has 2 unspecified atom stereocenters. The summed E-state index contributed by atoms with van der Waals surface area (Å²) >= 11 is 0. The number of hydrogen-bond donors (Lipinski definition) is 2. The Balaban J connectivity index is 2.61. The predicted molar refractivity (Wildman–Crippen MR) is 66.1 cm³/mol. The summed E-state index contributed by atoms with van der Waals surface area (Å²) in [6, 6.07) is 0.762. The summed E-state index contributed by atoms with van der Waals surface area (Å²) in [6.45, 7) is 8.30. The van der Waals surface area contributed by atoms with Crippen LogP contribution in [0, 0.1) is 0 Å². The standard InChI is InChI=1S/C12H25N3O/c1-4-11(12(13)16)15(9(2)3)8-10-6-5-7-14-10/h9-11,14H,4-8H2,1-3H3,(H2,13,16). The van der Waals surface area contributed by atoms with Gasteiger partial charge < -0.3 is 11.1 Å². The molecule has 1 amide bonds. The van der Waals surface area contributed by atoms with E-state index in [1.54, 1.807) is 0 Å². The van der Waals surface area contributed by atoms with Gasteiger partial charge >= 0.3 is 0 Å². The van der Waals surface area contributed by atoms with Gasteiger partial charge in [-0.05, 0) is 39.7 Å². The van der Waals surface area contributed by atoms with E-state index in [1.165, 1.54) is 12.8 Å². The molecule has 0 aromatic heterocycles. The number of carbonyl (C=O) groups is 1. The molecule has 1 aliphatic heterocycles. The summed E-state index contributed by atoms with van der Waals surface area (Å²) in [6.07, 6.45) is 3.24. The highest BCUT2D eigenvalue weighted by Gasteiger charge is 2.27. The molecule has 1 heterocycles. The Morgan fingerprint density at radius 1 is 1.56 bits per heavy atom. The molecular weight excluding hydrogens is 202 g/mol. The number of hydrogen-bond acceptors (Lipinski definition) is 3. The van der Waals surface area contributed by atoms with Crippen LogP contribution in [0.15, 0.2) is 0 Å². The lowest BCUT2D eigenvalue weighted by Gasteiger charge is -2.34. The van der Waals surface area contributed by atoms with Crippen LogP contribution in [0.4, 0.5) is 0 Å². The molecule has 3 N–H and O–H groups in total. The smallest absolute Gasteiger partial charge is 0.234 e. The molecule has 0 bridgehead atoms. The maximum Gasteiger partial charge on any atom is 0.234 e. The van der Waals surface area contributed by atoms with Crippen molar-refractivity contribution in [2.45, 2.75) is 58.2 Å². The second-order valence-corrected chi connectivity index (χ2v) is 4.91. The van der Waals surface area contributed by atoms with Crippen molar-refractivity contribution >= 4 is 5.91 Å². The van der Waals surface area contributed by atoms with Crippen LogP contribution < -0.4 is 11.1 Å². The Labute approximate surface area is 98.6 Å². The summed E-state index contributed by atoms with van der Waals surface area (Å²) in [5.41, 5.74) is 5.46. The summed E-state index contributed by atoms with van der Waals surface area (Å²) in [5, 5.41) is 3.47. The monoisotopic (exact) mass is 227 g/mol. The van der Waals surface area contributed by atoms with Gasteiger partial charge in [-0.2, -0.15) is 0 Å². The first-order chi connectivity index (χ1) is 7.56. The second-order valence-electron chi connectivity index (χ2n) is 4.91. The fourth-order valence-electron chi connectivity index (χ4n) is 2.46. The van der Waals surface area contributed by atoms with Gasteiger partial charge in [0.15, 0.2) is 0 Å². The Morgan fingerprint density at radius 2 is 2.25 bits per heavy atom. The first-order valence-corrected chi connectivity index (χ1v) is 6.34. The number of carbonyl (C=O) groups excluding carboxylic acids is 1. The van der Waals surface area contributed by atoms with Crippen molar-refractivity contribution in [2.75, 3.05) is 13.1 Å². The number of amides is 1. The number of nitrogens with zero attached hydrogens (tertiary/aromatic N) is 1. The lowest BCUT2D eigenvalue weighted by molar-refractivity contribution is -0.124. The van der Waals surface area contributed by atoms with E-state index in [0.29, 0.717) is 12.1 Å². The van der Waals surface area contributed by atoms with Crippen LogP contribution in [-0.2, 0) is 4.79 Å². The first-order valence-electron chi connectivity index (χ1n) is 6.34. The number of primary amides is 1. The van der Waals surface area contributed by atoms with Crippen LogP contribution in [-0.4, -0.2) is 42.0 Å². The summed E-state index contributed by atoms with van der Waals surface area (Å²) < 4.78 is 0. The van der Waals surface area contributed by atoms with Crippen molar-refractivity contribution in [3.05, 3.63) is 0 Å². The first kappa shape index (κ1) is 13.5. The Morgan fingerprint density at radius 3 is 2.62 bits per heavy atom. The van der Waals surface area contributed by atoms with E-state index in [-0.39, 0.29) is 11.9 Å². The molecule has 1 fully saturated rings. The highest BCUT2D eigenvalue weighted by Crippen LogP contribution is 2.14. The van der Waals surface area contributed by atoms with Gasteiger partial charge in [-0.15, -0.1) is 0 Å². The number of nitrogens with two attached hydrogens (primary N) is 1. The molecule has 4 heteroatoms. The lowest BCUT2D eigenvalue weighted by atomic mass is 10.1. The van der Waals surface area contributed by atoms with E-state index >= 15 is 0 Å². The third-order valence-electron chi connectivity index (χ3n) is 3.37. The highest BCUT2D eigenvalue weighted by atomic mass is 16.1. The van der Waals surface area contributed by atoms with Crippen molar-refractivity contribution in [3.8, 4) is 0 Å². The van der Waals surface area contributed by atoms with Crippen LogP contribution in [0.25, 0.3) is 0 Å². The van der Waals surface area contributed by atoms with Crippen LogP contribution in [0.5, 0.6) is 0 Å². The van der Waals surface area contributed by atoms with E-state index in [9.17, 15) is 4.79 Å². The van der Waals surface area contributed by atoms with Crippen molar-refractivity contribution in [1.82, 2.24) is 10.2 Å². The van der Waals surface area contributed by atoms with Crippen LogP contribution in [0.3, 0.4) is 0 Å². The van der Waals surface area contributed by atoms with Gasteiger partial charge in [0.2, 0.25) is 5.91 Å². The summed E-state index contributed by atoms with van der Waals surface area (Å²) in [7, 11) is 0. The molecule has 0 aromatic rings. The molecule has 0 aromatic carbocycles. The quantitative estimate of drug-likeness (QED) is 0.703. The van der Waals surface area contributed by atoms with Crippen molar-refractivity contribution < 1.29 is 4.79 Å². The Kier molecular flexibility index (Phi) is 5.22. The van der Waals surface area contributed by atoms with E-state index in [1.807, 2.05) is 6.92 Å². The lowest BCUT2D eigenvalue weighted by Crippen LogP contribution is -2.51. The maximum atomic E-state index is 11.4. The van der Waals surface area contributed by atoms with Gasteiger partial charge in [0.25, 0.3) is 0 Å². The zero-order chi connectivity index (χ0) is 12.1. The topological polar surface area (TPSA) is 58.4 Å². The average Bonchev–Trinajstić information content (AvgIpc) is 2.69. The molecular formula is C12H25N3O. The van der Waals surface area contributed by atoms with Crippen molar-refractivity contribution in [3.63, 3.8) is 0 Å². The van der Waals surface area contributed by atoms with E-state index in [0.717, 1.165) is 19.5 Å². The molecule has 0 aliphatic carbocycles. The van der Waals surface area contributed by atoms with Gasteiger partial charge in [-0.1, -0.05) is 6.92 Å². The maximum absolute atomic E-state index is 11.4. The molecule has 4 nitrogen and oxygen atoms in total. The minimum atomic E-state index is -0.200. The molecule has 1 rings (SSSR count). The normalized spacial score (nSPS) is 22.9. The SMILES string of the molecule is CCC(C(N)=O)N(CC1CCCN1)C(C)C. The largest absolute Gasteiger partial charge is 0.368 e. The molecule has 2 atom stereocenters. The molecule has 0 radical (unpaired) electrons. The van der Waals surface area contributed by atoms with Gasteiger partial charge in [0.1, 0.15) is 0 Å². The Bertz CT molecular complexity index is 224. The predicted octanol–water partition coefficient (Wildman–Crippen LogP) is 0.713. The zero-order valence-electron chi connectivity index (χ0n) is 10.7. The third-order valence-corrected chi connectivity index (χ3v) is 3.37. The number of nitrogens with one attached hydrogen (secondary N) is 1. The highest BCUT2D eigenvalue weighted by molar-refractivity contribution is 5.79. The van der Waals surface area contributed by atoms with Crippen LogP contribution >= 0.6 is 0 Å². The zero-order valence-corrected chi connectivity index (χ0v) is 10.7. The van der Waals surface area contributed by atoms with Gasteiger partial charge in [0, 0.05) is 18.6 Å². The van der Waals surface area contributed by atoms with Gasteiger partial charge in [-0.25, -0.2) is 0 Å². The second kappa shape index (κ2) is 6.21. The molecule has 1 saturated heterocycles. The van der Waals surface area contributed by atoms with Gasteiger partial charge in [0.05, 0.1) is 6.04 Å².